The normalized spacial score (nSPS) is 34.1. The van der Waals surface area contributed by atoms with Crippen LogP contribution in [-0.2, 0) is 9.53 Å². The molecule has 2 fully saturated rings. The van der Waals surface area contributed by atoms with Gasteiger partial charge in [0, 0.05) is 13.6 Å². The number of aliphatic hydroxyl groups is 1. The van der Waals surface area contributed by atoms with Gasteiger partial charge in [0.2, 0.25) is 5.91 Å². The van der Waals surface area contributed by atoms with Crippen LogP contribution >= 0.6 is 0 Å². The molecule has 4 atom stereocenters. The molecule has 0 spiro atoms. The molecule has 0 aliphatic carbocycles. The highest BCUT2D eigenvalue weighted by atomic mass is 16.5. The molecular weight excluding hydrogens is 206 g/mol. The van der Waals surface area contributed by atoms with E-state index in [2.05, 4.69) is 0 Å². The fraction of sp³-hybridized carbons (Fsp3) is 0.917. The highest BCUT2D eigenvalue weighted by Gasteiger charge is 2.45. The summed E-state index contributed by atoms with van der Waals surface area (Å²) in [5, 5.41) is 9.19. The van der Waals surface area contributed by atoms with Crippen LogP contribution in [0.2, 0.25) is 0 Å². The minimum Gasteiger partial charge on any atom is -0.393 e. The first-order chi connectivity index (χ1) is 7.58. The molecule has 0 radical (unpaired) electrons. The summed E-state index contributed by atoms with van der Waals surface area (Å²) in [6, 6.07) is 0. The second kappa shape index (κ2) is 4.72. The molecule has 0 aromatic carbocycles. The Labute approximate surface area is 96.6 Å². The zero-order valence-corrected chi connectivity index (χ0v) is 10.1. The van der Waals surface area contributed by atoms with Crippen LogP contribution < -0.4 is 0 Å². The minimum absolute atomic E-state index is 0.0674. The van der Waals surface area contributed by atoms with Gasteiger partial charge in [-0.05, 0) is 32.6 Å². The Hall–Kier alpha value is -0.610. The fourth-order valence-electron chi connectivity index (χ4n) is 2.67. The maximum atomic E-state index is 12.1. The molecule has 4 unspecified atom stereocenters. The molecular formula is C12H21NO3. The van der Waals surface area contributed by atoms with Crippen molar-refractivity contribution in [2.75, 3.05) is 13.6 Å². The average Bonchev–Trinajstić information content (AvgIpc) is 2.86. The Morgan fingerprint density at radius 3 is 2.81 bits per heavy atom. The maximum Gasteiger partial charge on any atom is 0.228 e. The number of hydrogen-bond donors (Lipinski definition) is 1. The summed E-state index contributed by atoms with van der Waals surface area (Å²) < 4.78 is 5.68. The third kappa shape index (κ3) is 2.38. The number of carbonyl (C=O) groups excluding carboxylic acids is 1. The molecule has 2 heterocycles. The molecule has 0 aromatic rings. The van der Waals surface area contributed by atoms with Crippen LogP contribution in [0.15, 0.2) is 0 Å². The molecule has 2 aliphatic heterocycles. The van der Waals surface area contributed by atoms with Crippen molar-refractivity contribution in [3.63, 3.8) is 0 Å². The molecule has 2 rings (SSSR count). The summed E-state index contributed by atoms with van der Waals surface area (Å²) in [4.78, 5) is 13.8. The maximum absolute atomic E-state index is 12.1. The lowest BCUT2D eigenvalue weighted by Crippen LogP contribution is -2.38. The summed E-state index contributed by atoms with van der Waals surface area (Å²) in [5.41, 5.74) is 0. The van der Waals surface area contributed by atoms with E-state index >= 15 is 0 Å². The van der Waals surface area contributed by atoms with Crippen molar-refractivity contribution in [1.29, 1.82) is 0 Å². The minimum atomic E-state index is -0.341. The largest absolute Gasteiger partial charge is 0.393 e. The van der Waals surface area contributed by atoms with Crippen molar-refractivity contribution in [1.82, 2.24) is 4.90 Å². The molecule has 92 valence electrons. The smallest absolute Gasteiger partial charge is 0.228 e. The summed E-state index contributed by atoms with van der Waals surface area (Å²) in [6.45, 7) is 2.38. The first-order valence-corrected chi connectivity index (χ1v) is 6.16. The quantitative estimate of drug-likeness (QED) is 0.772. The van der Waals surface area contributed by atoms with Crippen LogP contribution in [0.3, 0.4) is 0 Å². The van der Waals surface area contributed by atoms with Crippen LogP contribution in [0.5, 0.6) is 0 Å². The number of rotatable bonds is 4. The lowest BCUT2D eigenvalue weighted by atomic mass is 9.88. The van der Waals surface area contributed by atoms with Crippen LogP contribution in [0.1, 0.15) is 32.6 Å². The standard InChI is InChI=1S/C12H21NO3/c1-8(14)5-6-13(2)12(15)10-7-9-3-4-11(10)16-9/h8-11,14H,3-7H2,1-2H3. The Morgan fingerprint density at radius 1 is 1.56 bits per heavy atom. The third-order valence-electron chi connectivity index (χ3n) is 3.68. The van der Waals surface area contributed by atoms with E-state index in [4.69, 9.17) is 4.74 Å². The van der Waals surface area contributed by atoms with E-state index in [-0.39, 0.29) is 24.0 Å². The predicted octanol–water partition coefficient (Wildman–Crippen LogP) is 0.783. The van der Waals surface area contributed by atoms with Gasteiger partial charge in [-0.25, -0.2) is 0 Å². The van der Waals surface area contributed by atoms with Crippen molar-refractivity contribution < 1.29 is 14.6 Å². The van der Waals surface area contributed by atoms with Crippen molar-refractivity contribution >= 4 is 5.91 Å². The first kappa shape index (κ1) is 11.9. The van der Waals surface area contributed by atoms with E-state index in [0.717, 1.165) is 19.3 Å². The van der Waals surface area contributed by atoms with Crippen LogP contribution in [-0.4, -0.2) is 47.8 Å². The number of amides is 1. The number of carbonyl (C=O) groups is 1. The molecule has 0 saturated carbocycles. The molecule has 4 heteroatoms. The summed E-state index contributed by atoms with van der Waals surface area (Å²) in [7, 11) is 1.82. The number of hydrogen-bond acceptors (Lipinski definition) is 3. The van der Waals surface area contributed by atoms with Gasteiger partial charge in [-0.15, -0.1) is 0 Å². The van der Waals surface area contributed by atoms with Crippen LogP contribution in [0.25, 0.3) is 0 Å². The van der Waals surface area contributed by atoms with E-state index < -0.39 is 0 Å². The molecule has 2 bridgehead atoms. The Morgan fingerprint density at radius 2 is 2.31 bits per heavy atom. The summed E-state index contributed by atoms with van der Waals surface area (Å²) in [5.74, 6) is 0.255. The number of aliphatic hydroxyl groups excluding tert-OH is 1. The Kier molecular flexibility index (Phi) is 3.50. The van der Waals surface area contributed by atoms with E-state index in [1.54, 1.807) is 11.8 Å². The van der Waals surface area contributed by atoms with E-state index in [1.165, 1.54) is 0 Å². The highest BCUT2D eigenvalue weighted by Crippen LogP contribution is 2.39. The Bertz CT molecular complexity index is 267. The van der Waals surface area contributed by atoms with E-state index in [1.807, 2.05) is 7.05 Å². The van der Waals surface area contributed by atoms with Crippen molar-refractivity contribution in [2.45, 2.75) is 50.9 Å². The van der Waals surface area contributed by atoms with Gasteiger partial charge in [0.25, 0.3) is 0 Å². The molecule has 4 nitrogen and oxygen atoms in total. The molecule has 16 heavy (non-hydrogen) atoms. The molecule has 2 aliphatic rings. The Balaban J connectivity index is 1.83. The predicted molar refractivity (Wildman–Crippen MR) is 59.9 cm³/mol. The van der Waals surface area contributed by atoms with Crippen LogP contribution in [0, 0.1) is 5.92 Å². The molecule has 1 N–H and O–H groups in total. The lowest BCUT2D eigenvalue weighted by molar-refractivity contribution is -0.136. The number of nitrogens with zero attached hydrogens (tertiary/aromatic N) is 1. The van der Waals surface area contributed by atoms with Crippen LogP contribution in [0.4, 0.5) is 0 Å². The van der Waals surface area contributed by atoms with E-state index in [9.17, 15) is 9.90 Å². The molecule has 0 aromatic heterocycles. The lowest BCUT2D eigenvalue weighted by Gasteiger charge is -2.25. The van der Waals surface area contributed by atoms with Gasteiger partial charge in [-0.1, -0.05) is 0 Å². The summed E-state index contributed by atoms with van der Waals surface area (Å²) >= 11 is 0. The zero-order chi connectivity index (χ0) is 11.7. The molecule has 1 amide bonds. The zero-order valence-electron chi connectivity index (χ0n) is 10.1. The second-order valence-corrected chi connectivity index (χ2v) is 5.11. The van der Waals surface area contributed by atoms with Gasteiger partial charge in [0.05, 0.1) is 24.2 Å². The average molecular weight is 227 g/mol. The topological polar surface area (TPSA) is 49.8 Å². The molecule has 2 saturated heterocycles. The fourth-order valence-corrected chi connectivity index (χ4v) is 2.67. The number of ether oxygens (including phenoxy) is 1. The highest BCUT2D eigenvalue weighted by molar-refractivity contribution is 5.79. The summed E-state index contributed by atoms with van der Waals surface area (Å²) in [6.07, 6.45) is 3.82. The van der Waals surface area contributed by atoms with Gasteiger partial charge in [0.15, 0.2) is 0 Å². The number of fused-ring (bicyclic) bond motifs is 2. The first-order valence-electron chi connectivity index (χ1n) is 6.16. The van der Waals surface area contributed by atoms with Gasteiger partial charge < -0.3 is 14.7 Å². The second-order valence-electron chi connectivity index (χ2n) is 5.11. The van der Waals surface area contributed by atoms with Crippen molar-refractivity contribution in [3.8, 4) is 0 Å². The van der Waals surface area contributed by atoms with Gasteiger partial charge in [-0.2, -0.15) is 0 Å². The SMILES string of the molecule is CC(O)CCN(C)C(=O)C1CC2CCC1O2. The van der Waals surface area contributed by atoms with Gasteiger partial charge in [-0.3, -0.25) is 4.79 Å². The van der Waals surface area contributed by atoms with Crippen molar-refractivity contribution in [2.24, 2.45) is 5.92 Å². The monoisotopic (exact) mass is 227 g/mol. The third-order valence-corrected chi connectivity index (χ3v) is 3.68. The van der Waals surface area contributed by atoms with E-state index in [0.29, 0.717) is 19.1 Å². The van der Waals surface area contributed by atoms with Crippen molar-refractivity contribution in [3.05, 3.63) is 0 Å². The van der Waals surface area contributed by atoms with Gasteiger partial charge >= 0.3 is 0 Å². The van der Waals surface area contributed by atoms with Gasteiger partial charge in [0.1, 0.15) is 0 Å².